The van der Waals surface area contributed by atoms with Crippen molar-refractivity contribution >= 4 is 6.09 Å². The lowest BCUT2D eigenvalue weighted by Crippen LogP contribution is -2.36. The number of nitrogens with zero attached hydrogens (tertiary/aromatic N) is 2. The third-order valence-electron chi connectivity index (χ3n) is 3.85. The largest absolute Gasteiger partial charge is 0.443 e. The molecule has 0 aromatic heterocycles. The molecule has 1 aliphatic rings. The Balaban J connectivity index is 2.37. The van der Waals surface area contributed by atoms with Crippen LogP contribution in [-0.2, 0) is 4.74 Å². The number of unbranched alkanes of at least 4 members (excludes halogenated alkanes) is 3. The van der Waals surface area contributed by atoms with Gasteiger partial charge in [-0.3, -0.25) is 4.90 Å². The highest BCUT2D eigenvalue weighted by molar-refractivity contribution is 5.69. The van der Waals surface area contributed by atoms with Crippen LogP contribution in [0.15, 0.2) is 0 Å². The number of hydrogen-bond acceptors (Lipinski definition) is 3. The highest BCUT2D eigenvalue weighted by atomic mass is 16.6. The second-order valence-electron chi connectivity index (χ2n) is 5.81. The maximum atomic E-state index is 11.8. The van der Waals surface area contributed by atoms with E-state index in [1.165, 1.54) is 25.7 Å². The third-order valence-corrected chi connectivity index (χ3v) is 3.85. The Labute approximate surface area is 124 Å². The lowest BCUT2D eigenvalue weighted by molar-refractivity contribution is 0.105. The number of carbonyl (C=O) groups excluding carboxylic acids is 1. The van der Waals surface area contributed by atoms with Crippen LogP contribution in [0.2, 0.25) is 0 Å². The zero-order chi connectivity index (χ0) is 14.8. The van der Waals surface area contributed by atoms with E-state index in [4.69, 9.17) is 4.74 Å². The number of rotatable bonds is 11. The summed E-state index contributed by atoms with van der Waals surface area (Å²) in [6.07, 6.45) is 7.02. The summed E-state index contributed by atoms with van der Waals surface area (Å²) < 4.78 is 5.51. The summed E-state index contributed by atoms with van der Waals surface area (Å²) >= 11 is 0. The van der Waals surface area contributed by atoms with Crippen LogP contribution in [0.4, 0.5) is 4.79 Å². The maximum Gasteiger partial charge on any atom is 0.410 e. The molecule has 0 spiro atoms. The fourth-order valence-corrected chi connectivity index (χ4v) is 2.55. The van der Waals surface area contributed by atoms with Gasteiger partial charge in [0.2, 0.25) is 0 Å². The molecular weight excluding hydrogens is 252 g/mol. The van der Waals surface area contributed by atoms with E-state index in [1.807, 2.05) is 4.90 Å². The van der Waals surface area contributed by atoms with Crippen LogP contribution in [0.1, 0.15) is 59.3 Å². The van der Waals surface area contributed by atoms with Gasteiger partial charge in [0.15, 0.2) is 0 Å². The first-order chi connectivity index (χ1) is 9.71. The van der Waals surface area contributed by atoms with E-state index in [9.17, 15) is 4.79 Å². The number of ether oxygens (including phenoxy) is 1. The van der Waals surface area contributed by atoms with Gasteiger partial charge >= 0.3 is 6.09 Å². The molecule has 118 valence electrons. The first kappa shape index (κ1) is 17.3. The van der Waals surface area contributed by atoms with Crippen molar-refractivity contribution in [3.8, 4) is 0 Å². The van der Waals surface area contributed by atoms with E-state index in [0.717, 1.165) is 45.6 Å². The van der Waals surface area contributed by atoms with Crippen LogP contribution >= 0.6 is 0 Å². The molecule has 0 saturated carbocycles. The minimum absolute atomic E-state index is 0.0630. The molecule has 1 aliphatic heterocycles. The molecule has 1 heterocycles. The first-order valence-electron chi connectivity index (χ1n) is 8.39. The Hall–Kier alpha value is -0.770. The van der Waals surface area contributed by atoms with Crippen molar-refractivity contribution in [1.29, 1.82) is 0 Å². The SMILES string of the molecule is CCCCN(CCCC)CC1CN(CCCC)C(=O)O1. The standard InChI is InChI=1S/C16H32N2O2/c1-4-7-10-17(11-8-5-2)13-15-14-18(12-9-6-3)16(19)20-15/h15H,4-14H2,1-3H3. The Morgan fingerprint density at radius 3 is 2.25 bits per heavy atom. The first-order valence-corrected chi connectivity index (χ1v) is 8.39. The summed E-state index contributed by atoms with van der Waals surface area (Å²) in [7, 11) is 0. The lowest BCUT2D eigenvalue weighted by atomic mass is 10.2. The van der Waals surface area contributed by atoms with Gasteiger partial charge in [0.1, 0.15) is 6.10 Å². The molecule has 1 fully saturated rings. The molecule has 20 heavy (non-hydrogen) atoms. The molecule has 0 N–H and O–H groups in total. The normalized spacial score (nSPS) is 18.9. The number of carbonyl (C=O) groups is 1. The van der Waals surface area contributed by atoms with Crippen molar-refractivity contribution < 1.29 is 9.53 Å². The van der Waals surface area contributed by atoms with Gasteiger partial charge in [-0.05, 0) is 32.4 Å². The molecule has 1 saturated heterocycles. The molecule has 0 radical (unpaired) electrons. The van der Waals surface area contributed by atoms with Crippen molar-refractivity contribution in [1.82, 2.24) is 9.80 Å². The number of amides is 1. The summed E-state index contributed by atoms with van der Waals surface area (Å²) in [5.74, 6) is 0. The molecule has 0 aliphatic carbocycles. The average Bonchev–Trinajstić information content (AvgIpc) is 2.79. The van der Waals surface area contributed by atoms with Gasteiger partial charge in [-0.25, -0.2) is 4.79 Å². The molecule has 0 bridgehead atoms. The van der Waals surface area contributed by atoms with E-state index < -0.39 is 0 Å². The number of hydrogen-bond donors (Lipinski definition) is 0. The van der Waals surface area contributed by atoms with E-state index in [2.05, 4.69) is 25.7 Å². The minimum atomic E-state index is -0.116. The molecule has 1 amide bonds. The van der Waals surface area contributed by atoms with Gasteiger partial charge in [0, 0.05) is 13.1 Å². The van der Waals surface area contributed by atoms with Crippen molar-refractivity contribution in [2.45, 2.75) is 65.4 Å². The molecule has 1 unspecified atom stereocenters. The highest BCUT2D eigenvalue weighted by Crippen LogP contribution is 2.14. The van der Waals surface area contributed by atoms with Crippen molar-refractivity contribution in [2.24, 2.45) is 0 Å². The van der Waals surface area contributed by atoms with E-state index in [0.29, 0.717) is 0 Å². The van der Waals surface area contributed by atoms with Crippen LogP contribution < -0.4 is 0 Å². The summed E-state index contributed by atoms with van der Waals surface area (Å²) in [6.45, 7) is 11.4. The van der Waals surface area contributed by atoms with Crippen LogP contribution in [-0.4, -0.2) is 54.7 Å². The molecule has 4 heteroatoms. The lowest BCUT2D eigenvalue weighted by Gasteiger charge is -2.24. The van der Waals surface area contributed by atoms with Gasteiger partial charge in [0.05, 0.1) is 6.54 Å². The predicted molar refractivity (Wildman–Crippen MR) is 83.0 cm³/mol. The quantitative estimate of drug-likeness (QED) is 0.582. The fourth-order valence-electron chi connectivity index (χ4n) is 2.55. The van der Waals surface area contributed by atoms with E-state index in [-0.39, 0.29) is 12.2 Å². The maximum absolute atomic E-state index is 11.8. The Bertz CT molecular complexity index is 263. The van der Waals surface area contributed by atoms with Crippen LogP contribution in [0, 0.1) is 0 Å². The van der Waals surface area contributed by atoms with E-state index >= 15 is 0 Å². The van der Waals surface area contributed by atoms with Gasteiger partial charge in [-0.15, -0.1) is 0 Å². The van der Waals surface area contributed by atoms with Gasteiger partial charge < -0.3 is 9.64 Å². The number of cyclic esters (lactones) is 1. The van der Waals surface area contributed by atoms with Crippen LogP contribution in [0.3, 0.4) is 0 Å². The summed E-state index contributed by atoms with van der Waals surface area (Å²) in [5, 5.41) is 0. The molecule has 4 nitrogen and oxygen atoms in total. The minimum Gasteiger partial charge on any atom is -0.443 e. The smallest absolute Gasteiger partial charge is 0.410 e. The third kappa shape index (κ3) is 6.12. The second kappa shape index (κ2) is 10.0. The summed E-state index contributed by atoms with van der Waals surface area (Å²) in [6, 6.07) is 0. The Morgan fingerprint density at radius 2 is 1.70 bits per heavy atom. The van der Waals surface area contributed by atoms with Crippen LogP contribution in [0.5, 0.6) is 0 Å². The molecule has 1 rings (SSSR count). The van der Waals surface area contributed by atoms with Gasteiger partial charge in [-0.1, -0.05) is 40.0 Å². The average molecular weight is 284 g/mol. The Kier molecular flexibility index (Phi) is 8.67. The van der Waals surface area contributed by atoms with Gasteiger partial charge in [0.25, 0.3) is 0 Å². The van der Waals surface area contributed by atoms with Gasteiger partial charge in [-0.2, -0.15) is 0 Å². The van der Waals surface area contributed by atoms with Crippen molar-refractivity contribution in [3.63, 3.8) is 0 Å². The topological polar surface area (TPSA) is 32.8 Å². The fraction of sp³-hybridized carbons (Fsp3) is 0.938. The highest BCUT2D eigenvalue weighted by Gasteiger charge is 2.31. The van der Waals surface area contributed by atoms with E-state index in [1.54, 1.807) is 0 Å². The predicted octanol–water partition coefficient (Wildman–Crippen LogP) is 3.51. The van der Waals surface area contributed by atoms with Crippen molar-refractivity contribution in [3.05, 3.63) is 0 Å². The summed E-state index contributed by atoms with van der Waals surface area (Å²) in [5.41, 5.74) is 0. The molecule has 0 aromatic rings. The second-order valence-corrected chi connectivity index (χ2v) is 5.81. The zero-order valence-electron chi connectivity index (χ0n) is 13.6. The monoisotopic (exact) mass is 284 g/mol. The van der Waals surface area contributed by atoms with Crippen molar-refractivity contribution in [2.75, 3.05) is 32.7 Å². The van der Waals surface area contributed by atoms with Crippen LogP contribution in [0.25, 0.3) is 0 Å². The summed E-state index contributed by atoms with van der Waals surface area (Å²) in [4.78, 5) is 16.1. The Morgan fingerprint density at radius 1 is 1.10 bits per heavy atom. The zero-order valence-corrected chi connectivity index (χ0v) is 13.6. The molecular formula is C16H32N2O2. The molecule has 1 atom stereocenters. The molecule has 0 aromatic carbocycles.